The maximum Gasteiger partial charge on any atom is 0.327 e. The van der Waals surface area contributed by atoms with Crippen LogP contribution in [0, 0.1) is 0 Å². The lowest BCUT2D eigenvalue weighted by atomic mass is 10.2. The third-order valence-corrected chi connectivity index (χ3v) is 4.23. The Balaban J connectivity index is 1.67. The first-order valence-electron chi connectivity index (χ1n) is 6.64. The molecule has 3 rings (SSSR count). The molecule has 0 saturated carbocycles. The van der Waals surface area contributed by atoms with Crippen molar-refractivity contribution in [2.24, 2.45) is 0 Å². The summed E-state index contributed by atoms with van der Waals surface area (Å²) in [6.45, 7) is 0.967. The van der Waals surface area contributed by atoms with Gasteiger partial charge in [-0.2, -0.15) is 0 Å². The summed E-state index contributed by atoms with van der Waals surface area (Å²) in [6.07, 6.45) is 3.31. The Bertz CT molecular complexity index is 638. The number of hydrogen-bond donors (Lipinski definition) is 0. The van der Waals surface area contributed by atoms with E-state index in [9.17, 15) is 4.79 Å². The summed E-state index contributed by atoms with van der Waals surface area (Å²) in [6, 6.07) is 0. The van der Waals surface area contributed by atoms with Crippen molar-refractivity contribution >= 4 is 17.7 Å². The van der Waals surface area contributed by atoms with Gasteiger partial charge in [-0.25, -0.2) is 4.68 Å². The van der Waals surface area contributed by atoms with Crippen molar-refractivity contribution < 1.29 is 9.53 Å². The van der Waals surface area contributed by atoms with E-state index in [4.69, 9.17) is 0 Å². The molecule has 21 heavy (non-hydrogen) atoms. The fraction of sp³-hybridized carbons (Fsp3) is 0.636. The predicted octanol–water partition coefficient (Wildman–Crippen LogP) is 0.0662. The van der Waals surface area contributed by atoms with Crippen LogP contribution in [0.1, 0.15) is 24.5 Å². The molecule has 0 saturated heterocycles. The summed E-state index contributed by atoms with van der Waals surface area (Å²) in [7, 11) is 1.34. The Labute approximate surface area is 125 Å². The lowest BCUT2D eigenvalue weighted by Crippen LogP contribution is -2.14. The zero-order valence-corrected chi connectivity index (χ0v) is 12.4. The lowest BCUT2D eigenvalue weighted by Gasteiger charge is -2.14. The van der Waals surface area contributed by atoms with E-state index in [1.807, 2.05) is 0 Å². The molecular formula is C11H15N7O2S. The second-order valence-electron chi connectivity index (χ2n) is 4.63. The summed E-state index contributed by atoms with van der Waals surface area (Å²) in [4.78, 5) is 11.3. The number of fused-ring (bicyclic) bond motifs is 1. The van der Waals surface area contributed by atoms with Crippen LogP contribution in [0.15, 0.2) is 5.16 Å². The minimum absolute atomic E-state index is 0.00374. The van der Waals surface area contributed by atoms with Gasteiger partial charge in [-0.05, 0) is 23.3 Å². The molecule has 3 heterocycles. The maximum absolute atomic E-state index is 11.3. The molecule has 0 bridgehead atoms. The topological polar surface area (TPSA) is 101 Å². The summed E-state index contributed by atoms with van der Waals surface area (Å²) in [5.41, 5.74) is 0. The van der Waals surface area contributed by atoms with Crippen molar-refractivity contribution in [3.63, 3.8) is 0 Å². The number of ether oxygens (including phenoxy) is 1. The minimum atomic E-state index is -0.385. The van der Waals surface area contributed by atoms with E-state index in [0.29, 0.717) is 10.9 Å². The van der Waals surface area contributed by atoms with Gasteiger partial charge in [0.05, 0.1) is 12.9 Å². The quantitative estimate of drug-likeness (QED) is 0.565. The second-order valence-corrected chi connectivity index (χ2v) is 5.57. The van der Waals surface area contributed by atoms with Crippen LogP contribution in [0.3, 0.4) is 0 Å². The van der Waals surface area contributed by atoms with Crippen LogP contribution in [0.2, 0.25) is 0 Å². The molecule has 0 N–H and O–H groups in total. The zero-order chi connectivity index (χ0) is 14.7. The van der Waals surface area contributed by atoms with E-state index >= 15 is 0 Å². The number of esters is 1. The van der Waals surface area contributed by atoms with Gasteiger partial charge in [0.15, 0.2) is 0 Å². The number of aromatic nitrogens is 7. The summed E-state index contributed by atoms with van der Waals surface area (Å²) >= 11 is 1.43. The smallest absolute Gasteiger partial charge is 0.327 e. The number of rotatable bonds is 5. The van der Waals surface area contributed by atoms with Crippen LogP contribution in [-0.2, 0) is 34.8 Å². The van der Waals surface area contributed by atoms with Gasteiger partial charge in [-0.3, -0.25) is 4.79 Å². The maximum atomic E-state index is 11.3. The molecule has 0 amide bonds. The highest BCUT2D eigenvalue weighted by Crippen LogP contribution is 2.22. The Kier molecular flexibility index (Phi) is 4.13. The molecule has 9 nitrogen and oxygen atoms in total. The van der Waals surface area contributed by atoms with E-state index < -0.39 is 0 Å². The van der Waals surface area contributed by atoms with E-state index in [1.165, 1.54) is 30.0 Å². The average Bonchev–Trinajstić information content (AvgIpc) is 3.11. The van der Waals surface area contributed by atoms with Gasteiger partial charge in [-0.15, -0.1) is 15.3 Å². The predicted molar refractivity (Wildman–Crippen MR) is 72.4 cm³/mol. The average molecular weight is 309 g/mol. The molecule has 10 heteroatoms. The van der Waals surface area contributed by atoms with Crippen molar-refractivity contribution in [3.8, 4) is 0 Å². The number of aryl methyl sites for hydroxylation is 1. The molecule has 0 fully saturated rings. The van der Waals surface area contributed by atoms with Gasteiger partial charge in [-0.1, -0.05) is 11.8 Å². The molecule has 0 unspecified atom stereocenters. The molecule has 0 spiro atoms. The van der Waals surface area contributed by atoms with Crippen LogP contribution < -0.4 is 0 Å². The van der Waals surface area contributed by atoms with Gasteiger partial charge in [0.2, 0.25) is 5.16 Å². The molecule has 1 aliphatic rings. The molecule has 0 radical (unpaired) electrons. The first-order chi connectivity index (χ1) is 10.3. The fourth-order valence-electron chi connectivity index (χ4n) is 2.19. The van der Waals surface area contributed by atoms with Gasteiger partial charge in [0.25, 0.3) is 0 Å². The van der Waals surface area contributed by atoms with Crippen LogP contribution in [0.25, 0.3) is 0 Å². The summed E-state index contributed by atoms with van der Waals surface area (Å²) in [5.74, 6) is 2.20. The van der Waals surface area contributed by atoms with Crippen molar-refractivity contribution in [1.29, 1.82) is 0 Å². The number of hydrogen-bond acceptors (Lipinski definition) is 8. The fourth-order valence-corrected chi connectivity index (χ4v) is 3.01. The molecular weight excluding hydrogens is 294 g/mol. The number of tetrazole rings is 1. The first-order valence-corrected chi connectivity index (χ1v) is 7.63. The summed E-state index contributed by atoms with van der Waals surface area (Å²) < 4.78 is 8.19. The summed E-state index contributed by atoms with van der Waals surface area (Å²) in [5, 5.41) is 20.3. The van der Waals surface area contributed by atoms with E-state index in [2.05, 4.69) is 35.0 Å². The van der Waals surface area contributed by atoms with Gasteiger partial charge >= 0.3 is 5.97 Å². The molecule has 2 aromatic rings. The third-order valence-electron chi connectivity index (χ3n) is 3.27. The first kappa shape index (κ1) is 14.0. The van der Waals surface area contributed by atoms with E-state index in [0.717, 1.165) is 31.0 Å². The lowest BCUT2D eigenvalue weighted by molar-refractivity contribution is -0.141. The normalized spacial score (nSPS) is 14.0. The van der Waals surface area contributed by atoms with Crippen LogP contribution in [0.5, 0.6) is 0 Å². The van der Waals surface area contributed by atoms with E-state index in [-0.39, 0.29) is 12.5 Å². The number of carbonyl (C=O) groups is 1. The van der Waals surface area contributed by atoms with Crippen LogP contribution in [0.4, 0.5) is 0 Å². The molecule has 0 aromatic carbocycles. The van der Waals surface area contributed by atoms with E-state index in [1.54, 1.807) is 0 Å². The van der Waals surface area contributed by atoms with Gasteiger partial charge in [0, 0.05) is 13.0 Å². The number of methoxy groups -OCH3 is 1. The highest BCUT2D eigenvalue weighted by atomic mass is 32.2. The highest BCUT2D eigenvalue weighted by molar-refractivity contribution is 7.98. The van der Waals surface area contributed by atoms with Crippen LogP contribution >= 0.6 is 11.8 Å². The Morgan fingerprint density at radius 1 is 1.33 bits per heavy atom. The van der Waals surface area contributed by atoms with Gasteiger partial charge < -0.3 is 9.30 Å². The minimum Gasteiger partial charge on any atom is -0.468 e. The molecule has 2 aromatic heterocycles. The Hall–Kier alpha value is -1.97. The number of nitrogens with zero attached hydrogens (tertiary/aromatic N) is 7. The molecule has 0 atom stereocenters. The second kappa shape index (κ2) is 6.20. The number of thioether (sulfide) groups is 1. The molecule has 0 aliphatic carbocycles. The molecule has 1 aliphatic heterocycles. The highest BCUT2D eigenvalue weighted by Gasteiger charge is 2.17. The van der Waals surface area contributed by atoms with Crippen molar-refractivity contribution in [3.05, 3.63) is 11.6 Å². The standard InChI is InChI=1S/C11H15N7O2S/c1-20-10(19)6-18-11(14-15-16-18)21-7-9-13-12-8-4-2-3-5-17(8)9/h2-7H2,1H3. The van der Waals surface area contributed by atoms with Crippen LogP contribution in [-0.4, -0.2) is 48.1 Å². The zero-order valence-electron chi connectivity index (χ0n) is 11.6. The van der Waals surface area contributed by atoms with Crippen molar-refractivity contribution in [2.75, 3.05) is 7.11 Å². The number of carbonyl (C=O) groups excluding carboxylic acids is 1. The monoisotopic (exact) mass is 309 g/mol. The Morgan fingerprint density at radius 3 is 3.10 bits per heavy atom. The SMILES string of the molecule is COC(=O)Cn1nnnc1SCc1nnc2n1CCCC2. The molecule has 112 valence electrons. The van der Waals surface area contributed by atoms with Crippen molar-refractivity contribution in [1.82, 2.24) is 35.0 Å². The Morgan fingerprint density at radius 2 is 2.24 bits per heavy atom. The third kappa shape index (κ3) is 3.04. The van der Waals surface area contributed by atoms with Gasteiger partial charge in [0.1, 0.15) is 18.2 Å². The van der Waals surface area contributed by atoms with Crippen molar-refractivity contribution in [2.45, 2.75) is 43.3 Å². The largest absolute Gasteiger partial charge is 0.468 e.